The summed E-state index contributed by atoms with van der Waals surface area (Å²) in [7, 11) is 1.42. The van der Waals surface area contributed by atoms with Gasteiger partial charge in [-0.05, 0) is 75.5 Å². The first-order valence-corrected chi connectivity index (χ1v) is 16.0. The standard InChI is InChI=1S/C33H56O7/c1-5-6-21-33(2,3)29(40-32-18-12-14-23-38-32)20-19-26-25(15-9-7-8-10-16-30(35)36-4)27(34)24-28(26)39-31-17-11-13-22-37-31/h7,9,19-20,25-29,31-32,34H,5-6,8,10-18,21-24H2,1-4H3/t25-,26-,27-,28-,29-,31?,32?/m1/s1. The number of aliphatic hydroxyl groups is 1. The van der Waals surface area contributed by atoms with E-state index in [4.69, 9.17) is 23.7 Å². The molecule has 2 aliphatic heterocycles. The van der Waals surface area contributed by atoms with Crippen LogP contribution in [0.2, 0.25) is 0 Å². The van der Waals surface area contributed by atoms with Gasteiger partial charge in [0.2, 0.25) is 0 Å². The average Bonchev–Trinajstić information content (AvgIpc) is 3.25. The Hall–Kier alpha value is -1.25. The molecule has 2 heterocycles. The van der Waals surface area contributed by atoms with Crippen molar-refractivity contribution in [3.63, 3.8) is 0 Å². The van der Waals surface area contributed by atoms with Crippen molar-refractivity contribution in [2.45, 2.75) is 142 Å². The van der Waals surface area contributed by atoms with Crippen molar-refractivity contribution in [2.24, 2.45) is 17.3 Å². The zero-order valence-electron chi connectivity index (χ0n) is 25.6. The van der Waals surface area contributed by atoms with Crippen LogP contribution in [0.3, 0.4) is 0 Å². The molecule has 0 radical (unpaired) electrons. The highest BCUT2D eigenvalue weighted by Gasteiger charge is 2.43. The van der Waals surface area contributed by atoms with Gasteiger partial charge in [-0.2, -0.15) is 0 Å². The molecule has 7 heteroatoms. The molecule has 230 valence electrons. The molecule has 0 aromatic carbocycles. The first-order valence-electron chi connectivity index (χ1n) is 16.0. The molecule has 1 saturated carbocycles. The van der Waals surface area contributed by atoms with Gasteiger partial charge in [0.15, 0.2) is 12.6 Å². The number of unbranched alkanes of at least 4 members (excludes halogenated alkanes) is 2. The predicted molar refractivity (Wildman–Crippen MR) is 157 cm³/mol. The summed E-state index contributed by atoms with van der Waals surface area (Å²) in [5, 5.41) is 11.2. The van der Waals surface area contributed by atoms with Crippen molar-refractivity contribution >= 4 is 5.97 Å². The van der Waals surface area contributed by atoms with E-state index in [-0.39, 0.29) is 48.0 Å². The third-order valence-corrected chi connectivity index (χ3v) is 8.80. The smallest absolute Gasteiger partial charge is 0.305 e. The Labute approximate surface area is 243 Å². The molecule has 0 aromatic heterocycles. The van der Waals surface area contributed by atoms with Gasteiger partial charge in [0, 0.05) is 32.0 Å². The number of esters is 1. The minimum atomic E-state index is -0.447. The molecule has 1 aliphatic carbocycles. The normalized spacial score (nSPS) is 30.7. The maximum atomic E-state index is 11.4. The number of rotatable bonds is 16. The maximum Gasteiger partial charge on any atom is 0.305 e. The molecule has 2 saturated heterocycles. The molecule has 1 N–H and O–H groups in total. The lowest BCUT2D eigenvalue weighted by Crippen LogP contribution is -2.37. The van der Waals surface area contributed by atoms with Crippen LogP contribution < -0.4 is 0 Å². The number of hydrogen-bond acceptors (Lipinski definition) is 7. The fourth-order valence-electron chi connectivity index (χ4n) is 6.16. The summed E-state index contributed by atoms with van der Waals surface area (Å²) in [6, 6.07) is 0. The second-order valence-corrected chi connectivity index (χ2v) is 12.5. The fourth-order valence-corrected chi connectivity index (χ4v) is 6.16. The minimum absolute atomic E-state index is 0.0393. The Morgan fingerprint density at radius 1 is 1.05 bits per heavy atom. The molecule has 0 amide bonds. The van der Waals surface area contributed by atoms with Gasteiger partial charge in [0.05, 0.1) is 25.4 Å². The van der Waals surface area contributed by atoms with E-state index in [1.807, 2.05) is 0 Å². The minimum Gasteiger partial charge on any atom is -0.469 e. The van der Waals surface area contributed by atoms with Gasteiger partial charge in [-0.25, -0.2) is 0 Å². The number of carbonyl (C=O) groups excluding carboxylic acids is 1. The zero-order valence-corrected chi connectivity index (χ0v) is 25.6. The van der Waals surface area contributed by atoms with Crippen LogP contribution in [-0.2, 0) is 28.5 Å². The highest BCUT2D eigenvalue weighted by atomic mass is 16.7. The zero-order chi connectivity index (χ0) is 28.8. The number of ether oxygens (including phenoxy) is 5. The summed E-state index contributed by atoms with van der Waals surface area (Å²) in [6.07, 6.45) is 20.8. The Morgan fingerprint density at radius 2 is 1.77 bits per heavy atom. The van der Waals surface area contributed by atoms with Gasteiger partial charge < -0.3 is 28.8 Å². The summed E-state index contributed by atoms with van der Waals surface area (Å²) in [6.45, 7) is 8.32. The Bertz CT molecular complexity index is 767. The van der Waals surface area contributed by atoms with Crippen LogP contribution in [-0.4, -0.2) is 62.3 Å². The van der Waals surface area contributed by atoms with Crippen LogP contribution >= 0.6 is 0 Å². The van der Waals surface area contributed by atoms with Crippen molar-refractivity contribution in [1.29, 1.82) is 0 Å². The largest absolute Gasteiger partial charge is 0.469 e. The van der Waals surface area contributed by atoms with Gasteiger partial charge in [-0.1, -0.05) is 57.9 Å². The van der Waals surface area contributed by atoms with Crippen LogP contribution in [0.5, 0.6) is 0 Å². The van der Waals surface area contributed by atoms with Gasteiger partial charge in [0.25, 0.3) is 0 Å². The third kappa shape index (κ3) is 10.9. The first kappa shape index (κ1) is 33.3. The van der Waals surface area contributed by atoms with E-state index in [2.05, 4.69) is 45.1 Å². The molecular weight excluding hydrogens is 508 g/mol. The van der Waals surface area contributed by atoms with Crippen molar-refractivity contribution < 1.29 is 33.6 Å². The summed E-state index contributed by atoms with van der Waals surface area (Å²) in [5.74, 6) is -0.0698. The number of carbonyl (C=O) groups is 1. The Morgan fingerprint density at radius 3 is 2.42 bits per heavy atom. The number of aliphatic hydroxyl groups excluding tert-OH is 1. The molecule has 2 unspecified atom stereocenters. The second-order valence-electron chi connectivity index (χ2n) is 12.5. The fraction of sp³-hybridized carbons (Fsp3) is 0.848. The molecule has 3 rings (SSSR count). The summed E-state index contributed by atoms with van der Waals surface area (Å²) >= 11 is 0. The van der Waals surface area contributed by atoms with E-state index in [0.29, 0.717) is 12.8 Å². The van der Waals surface area contributed by atoms with Gasteiger partial charge in [0.1, 0.15) is 0 Å². The van der Waals surface area contributed by atoms with E-state index in [0.717, 1.165) is 90.3 Å². The lowest BCUT2D eigenvalue weighted by molar-refractivity contribution is -0.198. The number of hydrogen-bond donors (Lipinski definition) is 1. The van der Waals surface area contributed by atoms with E-state index < -0.39 is 6.10 Å². The van der Waals surface area contributed by atoms with Crippen LogP contribution in [0.4, 0.5) is 0 Å². The average molecular weight is 565 g/mol. The third-order valence-electron chi connectivity index (χ3n) is 8.80. The molecule has 40 heavy (non-hydrogen) atoms. The highest BCUT2D eigenvalue weighted by Crippen LogP contribution is 2.41. The van der Waals surface area contributed by atoms with Crippen molar-refractivity contribution in [1.82, 2.24) is 0 Å². The predicted octanol–water partition coefficient (Wildman–Crippen LogP) is 6.87. The monoisotopic (exact) mass is 564 g/mol. The number of allylic oxidation sites excluding steroid dienone is 2. The SMILES string of the molecule is CCCCC(C)(C)[C@@H](C=C[C@@H]1[C@@H](CC=CCCCC(=O)OC)[C@H](O)C[C@H]1OC1CCCCO1)OC1CCCCO1. The van der Waals surface area contributed by atoms with Crippen molar-refractivity contribution in [2.75, 3.05) is 20.3 Å². The van der Waals surface area contributed by atoms with Gasteiger partial charge in [-0.15, -0.1) is 0 Å². The van der Waals surface area contributed by atoms with Gasteiger partial charge >= 0.3 is 5.97 Å². The quantitative estimate of drug-likeness (QED) is 0.124. The Balaban J connectivity index is 1.74. The number of methoxy groups -OCH3 is 1. The van der Waals surface area contributed by atoms with Crippen molar-refractivity contribution in [3.05, 3.63) is 24.3 Å². The summed E-state index contributed by atoms with van der Waals surface area (Å²) in [4.78, 5) is 11.4. The van der Waals surface area contributed by atoms with Crippen LogP contribution in [0, 0.1) is 17.3 Å². The molecule has 0 bridgehead atoms. The van der Waals surface area contributed by atoms with Crippen LogP contribution in [0.15, 0.2) is 24.3 Å². The van der Waals surface area contributed by atoms with E-state index in [1.54, 1.807) is 0 Å². The second kappa shape index (κ2) is 17.6. The molecule has 3 fully saturated rings. The van der Waals surface area contributed by atoms with Crippen molar-refractivity contribution in [3.8, 4) is 0 Å². The van der Waals surface area contributed by atoms with E-state index in [1.165, 1.54) is 7.11 Å². The first-order chi connectivity index (χ1) is 19.3. The molecule has 0 aromatic rings. The van der Waals surface area contributed by atoms with E-state index in [9.17, 15) is 9.90 Å². The topological polar surface area (TPSA) is 83.5 Å². The lowest BCUT2D eigenvalue weighted by atomic mass is 9.80. The summed E-state index contributed by atoms with van der Waals surface area (Å²) < 4.78 is 29.8. The molecule has 7 atom stereocenters. The molecular formula is C33H56O7. The lowest BCUT2D eigenvalue weighted by Gasteiger charge is -2.36. The van der Waals surface area contributed by atoms with Crippen LogP contribution in [0.25, 0.3) is 0 Å². The molecule has 7 nitrogen and oxygen atoms in total. The molecule has 0 spiro atoms. The van der Waals surface area contributed by atoms with Crippen LogP contribution in [0.1, 0.15) is 111 Å². The summed E-state index contributed by atoms with van der Waals surface area (Å²) in [5.41, 5.74) is -0.0393. The Kier molecular flexibility index (Phi) is 14.7. The molecule has 3 aliphatic rings. The highest BCUT2D eigenvalue weighted by molar-refractivity contribution is 5.69. The van der Waals surface area contributed by atoms with E-state index >= 15 is 0 Å². The van der Waals surface area contributed by atoms with Gasteiger partial charge in [-0.3, -0.25) is 4.79 Å². The maximum absolute atomic E-state index is 11.4.